The molecule has 0 amide bonds. The lowest BCUT2D eigenvalue weighted by molar-refractivity contribution is 0.415. The van der Waals surface area contributed by atoms with Crippen LogP contribution in [0.2, 0.25) is 0 Å². The highest BCUT2D eigenvalue weighted by Crippen LogP contribution is 2.37. The average molecular weight is 397 g/mol. The first-order valence-corrected chi connectivity index (χ1v) is 9.36. The summed E-state index contributed by atoms with van der Waals surface area (Å²) in [5.41, 5.74) is 1.28. The summed E-state index contributed by atoms with van der Waals surface area (Å²) < 4.78 is 25.5. The largest absolute Gasteiger partial charge is 0.497 e. The van der Waals surface area contributed by atoms with Crippen LogP contribution in [-0.2, 0) is 6.54 Å². The van der Waals surface area contributed by atoms with Crippen molar-refractivity contribution in [2.24, 2.45) is 0 Å². The van der Waals surface area contributed by atoms with Gasteiger partial charge in [0.15, 0.2) is 0 Å². The van der Waals surface area contributed by atoms with Crippen LogP contribution in [0.1, 0.15) is 11.1 Å². The number of benzene rings is 2. The standard InChI is InChI=1S/C21H16FNO4S/c1-12-17-19(28-18(12)13-7-9-15(26-2)10-8-13)23(21(25)27-20(17)24)11-14-5-3-4-6-16(14)22/h3-10H,11H2,1-2H3. The van der Waals surface area contributed by atoms with Gasteiger partial charge in [-0.05, 0) is 48.4 Å². The molecule has 0 saturated heterocycles. The number of ether oxygens (including phenoxy) is 1. The van der Waals surface area contributed by atoms with Crippen LogP contribution in [0, 0.1) is 12.7 Å². The lowest BCUT2D eigenvalue weighted by atomic mass is 10.1. The summed E-state index contributed by atoms with van der Waals surface area (Å²) in [6.45, 7) is 1.79. The molecule has 0 spiro atoms. The van der Waals surface area contributed by atoms with Gasteiger partial charge in [-0.2, -0.15) is 0 Å². The molecule has 0 fully saturated rings. The van der Waals surface area contributed by atoms with Gasteiger partial charge in [0.05, 0.1) is 19.0 Å². The van der Waals surface area contributed by atoms with Crippen molar-refractivity contribution in [2.75, 3.05) is 7.11 Å². The molecule has 7 heteroatoms. The number of thiophene rings is 1. The van der Waals surface area contributed by atoms with Gasteiger partial charge < -0.3 is 9.15 Å². The summed E-state index contributed by atoms with van der Waals surface area (Å²) in [7, 11) is 1.59. The van der Waals surface area contributed by atoms with E-state index in [1.165, 1.54) is 22.0 Å². The number of aryl methyl sites for hydroxylation is 1. The third kappa shape index (κ3) is 3.03. The molecule has 142 valence electrons. The molecule has 5 nitrogen and oxygen atoms in total. The Morgan fingerprint density at radius 3 is 2.50 bits per heavy atom. The number of fused-ring (bicyclic) bond motifs is 1. The molecular formula is C21H16FNO4S. The summed E-state index contributed by atoms with van der Waals surface area (Å²) in [4.78, 5) is 26.1. The number of rotatable bonds is 4. The van der Waals surface area contributed by atoms with E-state index in [0.29, 0.717) is 15.8 Å². The minimum atomic E-state index is -0.803. The van der Waals surface area contributed by atoms with Crippen LogP contribution in [0.5, 0.6) is 5.75 Å². The van der Waals surface area contributed by atoms with Gasteiger partial charge in [-0.25, -0.2) is 14.0 Å². The third-order valence-electron chi connectivity index (χ3n) is 4.62. The van der Waals surface area contributed by atoms with Crippen LogP contribution in [0.4, 0.5) is 4.39 Å². The number of halogens is 1. The van der Waals surface area contributed by atoms with Crippen LogP contribution < -0.4 is 16.1 Å². The number of hydrogen-bond acceptors (Lipinski definition) is 5. The molecule has 4 rings (SSSR count). The van der Waals surface area contributed by atoms with E-state index in [2.05, 4.69) is 0 Å². The van der Waals surface area contributed by atoms with Gasteiger partial charge in [0.2, 0.25) is 0 Å². The van der Waals surface area contributed by atoms with Gasteiger partial charge in [-0.1, -0.05) is 18.2 Å². The van der Waals surface area contributed by atoms with E-state index >= 15 is 0 Å². The zero-order valence-electron chi connectivity index (χ0n) is 15.2. The molecule has 0 N–H and O–H groups in total. The van der Waals surface area contributed by atoms with E-state index in [4.69, 9.17) is 9.15 Å². The quantitative estimate of drug-likeness (QED) is 0.518. The van der Waals surface area contributed by atoms with E-state index in [0.717, 1.165) is 21.8 Å². The van der Waals surface area contributed by atoms with Crippen LogP contribution in [0.25, 0.3) is 20.7 Å². The van der Waals surface area contributed by atoms with Gasteiger partial charge in [-0.3, -0.25) is 4.57 Å². The predicted octanol–water partition coefficient (Wildman–Crippen LogP) is 4.19. The Balaban J connectivity index is 1.93. The summed E-state index contributed by atoms with van der Waals surface area (Å²) in [5.74, 6) is -0.501. The highest BCUT2D eigenvalue weighted by atomic mass is 32.1. The topological polar surface area (TPSA) is 61.4 Å². The van der Waals surface area contributed by atoms with Crippen molar-refractivity contribution in [2.45, 2.75) is 13.5 Å². The molecular weight excluding hydrogens is 381 g/mol. The molecule has 0 aliphatic carbocycles. The predicted molar refractivity (Wildman–Crippen MR) is 107 cm³/mol. The SMILES string of the molecule is COc1ccc(-c2sc3c(c2C)c(=O)oc(=O)n3Cc2ccccc2F)cc1. The summed E-state index contributed by atoms with van der Waals surface area (Å²) >= 11 is 1.31. The maximum Gasteiger partial charge on any atom is 0.423 e. The van der Waals surface area contributed by atoms with Crippen molar-refractivity contribution < 1.29 is 13.5 Å². The van der Waals surface area contributed by atoms with Crippen molar-refractivity contribution >= 4 is 21.6 Å². The molecule has 0 saturated carbocycles. The summed E-state index contributed by atoms with van der Waals surface area (Å²) in [5, 5.41) is 0.340. The van der Waals surface area contributed by atoms with E-state index in [9.17, 15) is 14.0 Å². The number of methoxy groups -OCH3 is 1. The van der Waals surface area contributed by atoms with Crippen molar-refractivity contribution in [1.82, 2.24) is 4.57 Å². The smallest absolute Gasteiger partial charge is 0.423 e. The fourth-order valence-electron chi connectivity index (χ4n) is 3.15. The summed E-state index contributed by atoms with van der Waals surface area (Å²) in [6, 6.07) is 13.6. The van der Waals surface area contributed by atoms with Crippen molar-refractivity contribution in [3.05, 3.63) is 86.4 Å². The lowest BCUT2D eigenvalue weighted by Gasteiger charge is -2.06. The second-order valence-corrected chi connectivity index (χ2v) is 7.30. The second kappa shape index (κ2) is 7.09. The van der Waals surface area contributed by atoms with E-state index < -0.39 is 17.2 Å². The molecule has 28 heavy (non-hydrogen) atoms. The van der Waals surface area contributed by atoms with Crippen LogP contribution in [-0.4, -0.2) is 11.7 Å². The Morgan fingerprint density at radius 2 is 1.82 bits per heavy atom. The minimum Gasteiger partial charge on any atom is -0.497 e. The Hall–Kier alpha value is -3.19. The molecule has 0 atom stereocenters. The van der Waals surface area contributed by atoms with E-state index in [-0.39, 0.29) is 6.54 Å². The second-order valence-electron chi connectivity index (χ2n) is 6.30. The first-order chi connectivity index (χ1) is 13.5. The van der Waals surface area contributed by atoms with E-state index in [1.54, 1.807) is 25.3 Å². The van der Waals surface area contributed by atoms with Gasteiger partial charge in [0.1, 0.15) is 16.4 Å². The fraction of sp³-hybridized carbons (Fsp3) is 0.143. The van der Waals surface area contributed by atoms with Gasteiger partial charge >= 0.3 is 11.4 Å². The highest BCUT2D eigenvalue weighted by molar-refractivity contribution is 7.22. The Kier molecular flexibility index (Phi) is 4.60. The highest BCUT2D eigenvalue weighted by Gasteiger charge is 2.19. The maximum atomic E-state index is 14.1. The molecule has 0 radical (unpaired) electrons. The van der Waals surface area contributed by atoms with Crippen molar-refractivity contribution in [3.8, 4) is 16.2 Å². The molecule has 4 aromatic rings. The maximum absolute atomic E-state index is 14.1. The molecule has 2 aromatic heterocycles. The average Bonchev–Trinajstić information content (AvgIpc) is 3.04. The summed E-state index contributed by atoms with van der Waals surface area (Å²) in [6.07, 6.45) is 0. The number of nitrogens with zero attached hydrogens (tertiary/aromatic N) is 1. The normalized spacial score (nSPS) is 11.1. The number of hydrogen-bond donors (Lipinski definition) is 0. The minimum absolute atomic E-state index is 0.0200. The monoisotopic (exact) mass is 397 g/mol. The molecule has 0 aliphatic heterocycles. The van der Waals surface area contributed by atoms with Gasteiger partial charge in [-0.15, -0.1) is 11.3 Å². The van der Waals surface area contributed by atoms with Crippen LogP contribution >= 0.6 is 11.3 Å². The Bertz CT molecular complexity index is 1280. The first kappa shape index (κ1) is 18.2. The lowest BCUT2D eigenvalue weighted by Crippen LogP contribution is -2.25. The van der Waals surface area contributed by atoms with Gasteiger partial charge in [0.25, 0.3) is 0 Å². The first-order valence-electron chi connectivity index (χ1n) is 8.54. The van der Waals surface area contributed by atoms with Crippen LogP contribution in [0.15, 0.2) is 62.5 Å². The van der Waals surface area contributed by atoms with Crippen molar-refractivity contribution in [1.29, 1.82) is 0 Å². The third-order valence-corrected chi connectivity index (χ3v) is 5.98. The Labute approximate surface area is 163 Å². The molecule has 2 aromatic carbocycles. The Morgan fingerprint density at radius 1 is 1.11 bits per heavy atom. The van der Waals surface area contributed by atoms with Crippen molar-refractivity contribution in [3.63, 3.8) is 0 Å². The molecule has 2 heterocycles. The molecule has 0 bridgehead atoms. The zero-order chi connectivity index (χ0) is 19.8. The van der Waals surface area contributed by atoms with E-state index in [1.807, 2.05) is 31.2 Å². The fourth-order valence-corrected chi connectivity index (χ4v) is 4.44. The number of aromatic nitrogens is 1. The molecule has 0 unspecified atom stereocenters. The molecule has 0 aliphatic rings. The van der Waals surface area contributed by atoms with Gasteiger partial charge in [0, 0.05) is 10.4 Å². The zero-order valence-corrected chi connectivity index (χ0v) is 16.0. The van der Waals surface area contributed by atoms with Crippen LogP contribution in [0.3, 0.4) is 0 Å².